The highest BCUT2D eigenvalue weighted by molar-refractivity contribution is 7.92. The Balaban J connectivity index is 2.43. The first-order valence-electron chi connectivity index (χ1n) is 5.22. The van der Waals surface area contributed by atoms with Crippen molar-refractivity contribution in [1.29, 1.82) is 0 Å². The number of hydrogen-bond acceptors (Lipinski definition) is 3. The van der Waals surface area contributed by atoms with Crippen molar-refractivity contribution >= 4 is 44.6 Å². The van der Waals surface area contributed by atoms with E-state index in [0.717, 1.165) is 0 Å². The van der Waals surface area contributed by atoms with Gasteiger partial charge in [-0.2, -0.15) is 0 Å². The minimum atomic E-state index is -3.81. The van der Waals surface area contributed by atoms with Crippen LogP contribution in [0.15, 0.2) is 47.4 Å². The molecule has 0 aromatic heterocycles. The van der Waals surface area contributed by atoms with Crippen LogP contribution >= 0.6 is 23.2 Å². The summed E-state index contributed by atoms with van der Waals surface area (Å²) in [6, 6.07) is 11.0. The monoisotopic (exact) mass is 316 g/mol. The Labute approximate surface area is 121 Å². The van der Waals surface area contributed by atoms with Crippen LogP contribution in [-0.4, -0.2) is 8.42 Å². The van der Waals surface area contributed by atoms with Gasteiger partial charge in [0.2, 0.25) is 0 Å². The van der Waals surface area contributed by atoms with E-state index >= 15 is 0 Å². The highest BCUT2D eigenvalue weighted by Crippen LogP contribution is 2.31. The van der Waals surface area contributed by atoms with Gasteiger partial charge in [0.25, 0.3) is 10.0 Å². The van der Waals surface area contributed by atoms with E-state index in [2.05, 4.69) is 4.72 Å². The Kier molecular flexibility index (Phi) is 3.89. The number of nitrogens with two attached hydrogens (primary N) is 1. The predicted molar refractivity (Wildman–Crippen MR) is 78.1 cm³/mol. The summed E-state index contributed by atoms with van der Waals surface area (Å²) in [4.78, 5) is -0.114. The fourth-order valence-electron chi connectivity index (χ4n) is 1.47. The van der Waals surface area contributed by atoms with Gasteiger partial charge >= 0.3 is 0 Å². The standard InChI is InChI=1S/C12H10Cl2N2O2S/c13-9-7-12(10(14)6-11(9)15)19(17,18)16-8-4-2-1-3-5-8/h1-7,16H,15H2. The van der Waals surface area contributed by atoms with E-state index < -0.39 is 10.0 Å². The van der Waals surface area contributed by atoms with Crippen LogP contribution in [0, 0.1) is 0 Å². The Hall–Kier alpha value is -1.43. The second-order valence-electron chi connectivity index (χ2n) is 3.78. The molecular formula is C12H10Cl2N2O2S. The number of nitrogen functional groups attached to an aromatic ring is 1. The van der Waals surface area contributed by atoms with E-state index in [1.807, 2.05) is 0 Å². The van der Waals surface area contributed by atoms with Gasteiger partial charge in [0.1, 0.15) is 4.90 Å². The van der Waals surface area contributed by atoms with E-state index in [-0.39, 0.29) is 20.6 Å². The summed E-state index contributed by atoms with van der Waals surface area (Å²) in [6.07, 6.45) is 0. The lowest BCUT2D eigenvalue weighted by molar-refractivity contribution is 0.601. The topological polar surface area (TPSA) is 72.2 Å². The third kappa shape index (κ3) is 3.12. The van der Waals surface area contributed by atoms with E-state index in [1.165, 1.54) is 12.1 Å². The molecule has 4 nitrogen and oxygen atoms in total. The lowest BCUT2D eigenvalue weighted by Crippen LogP contribution is -2.13. The second kappa shape index (κ2) is 5.28. The first kappa shape index (κ1) is 14.0. The average molecular weight is 317 g/mol. The van der Waals surface area contributed by atoms with Crippen LogP contribution in [0.5, 0.6) is 0 Å². The van der Waals surface area contributed by atoms with Gasteiger partial charge in [0.15, 0.2) is 0 Å². The molecule has 100 valence electrons. The Morgan fingerprint density at radius 3 is 2.26 bits per heavy atom. The van der Waals surface area contributed by atoms with Crippen molar-refractivity contribution in [3.05, 3.63) is 52.5 Å². The first-order chi connectivity index (χ1) is 8.90. The van der Waals surface area contributed by atoms with Crippen molar-refractivity contribution in [3.8, 4) is 0 Å². The summed E-state index contributed by atoms with van der Waals surface area (Å²) in [5, 5.41) is 0.156. The van der Waals surface area contributed by atoms with Gasteiger partial charge < -0.3 is 5.73 Å². The molecule has 0 heterocycles. The average Bonchev–Trinajstić information content (AvgIpc) is 2.34. The summed E-state index contributed by atoms with van der Waals surface area (Å²) in [5.41, 5.74) is 6.22. The number of para-hydroxylation sites is 1. The molecule has 7 heteroatoms. The molecular weight excluding hydrogens is 307 g/mol. The molecule has 0 aliphatic carbocycles. The van der Waals surface area contributed by atoms with Gasteiger partial charge in [-0.05, 0) is 24.3 Å². The molecule has 2 aromatic rings. The molecule has 0 spiro atoms. The summed E-state index contributed by atoms with van der Waals surface area (Å²) < 4.78 is 26.8. The van der Waals surface area contributed by atoms with Crippen LogP contribution < -0.4 is 10.5 Å². The maximum atomic E-state index is 12.2. The summed E-state index contributed by atoms with van der Waals surface area (Å²) in [6.45, 7) is 0. The lowest BCUT2D eigenvalue weighted by Gasteiger charge is -2.10. The van der Waals surface area contributed by atoms with Crippen LogP contribution in [0.4, 0.5) is 11.4 Å². The SMILES string of the molecule is Nc1cc(Cl)c(S(=O)(=O)Nc2ccccc2)cc1Cl. The van der Waals surface area contributed by atoms with E-state index in [1.54, 1.807) is 30.3 Å². The van der Waals surface area contributed by atoms with E-state index in [0.29, 0.717) is 5.69 Å². The van der Waals surface area contributed by atoms with Crippen molar-refractivity contribution < 1.29 is 8.42 Å². The highest BCUT2D eigenvalue weighted by atomic mass is 35.5. The first-order valence-corrected chi connectivity index (χ1v) is 7.46. The Morgan fingerprint density at radius 2 is 1.63 bits per heavy atom. The molecule has 19 heavy (non-hydrogen) atoms. The van der Waals surface area contributed by atoms with Gasteiger partial charge in [-0.15, -0.1) is 0 Å². The molecule has 0 amide bonds. The molecule has 0 unspecified atom stereocenters. The van der Waals surface area contributed by atoms with Gasteiger partial charge in [-0.1, -0.05) is 41.4 Å². The van der Waals surface area contributed by atoms with Crippen LogP contribution in [-0.2, 0) is 10.0 Å². The maximum Gasteiger partial charge on any atom is 0.263 e. The second-order valence-corrected chi connectivity index (χ2v) is 6.24. The highest BCUT2D eigenvalue weighted by Gasteiger charge is 2.19. The summed E-state index contributed by atoms with van der Waals surface area (Å²) in [7, 11) is -3.81. The molecule has 2 aromatic carbocycles. The van der Waals surface area contributed by atoms with Crippen LogP contribution in [0.25, 0.3) is 0 Å². The number of halogens is 2. The lowest BCUT2D eigenvalue weighted by atomic mass is 10.3. The van der Waals surface area contributed by atoms with Crippen molar-refractivity contribution in [3.63, 3.8) is 0 Å². The smallest absolute Gasteiger partial charge is 0.263 e. The van der Waals surface area contributed by atoms with Crippen LogP contribution in [0.1, 0.15) is 0 Å². The van der Waals surface area contributed by atoms with E-state index in [4.69, 9.17) is 28.9 Å². The number of sulfonamides is 1. The number of anilines is 2. The van der Waals surface area contributed by atoms with Crippen molar-refractivity contribution in [2.24, 2.45) is 0 Å². The van der Waals surface area contributed by atoms with E-state index in [9.17, 15) is 8.42 Å². The predicted octanol–water partition coefficient (Wildman–Crippen LogP) is 3.38. The quantitative estimate of drug-likeness (QED) is 0.853. The zero-order valence-corrected chi connectivity index (χ0v) is 11.9. The Bertz CT molecular complexity index is 703. The molecule has 0 atom stereocenters. The number of benzene rings is 2. The van der Waals surface area contributed by atoms with Crippen molar-refractivity contribution in [1.82, 2.24) is 0 Å². The fourth-order valence-corrected chi connectivity index (χ4v) is 3.32. The number of rotatable bonds is 3. The largest absolute Gasteiger partial charge is 0.397 e. The van der Waals surface area contributed by atoms with Crippen molar-refractivity contribution in [2.45, 2.75) is 4.90 Å². The van der Waals surface area contributed by atoms with Gasteiger partial charge in [0, 0.05) is 5.69 Å². The molecule has 3 N–H and O–H groups in total. The normalized spacial score (nSPS) is 11.3. The third-order valence-corrected chi connectivity index (χ3v) is 4.54. The third-order valence-electron chi connectivity index (χ3n) is 2.37. The molecule has 0 aliphatic heterocycles. The minimum absolute atomic E-state index is 0.0188. The van der Waals surface area contributed by atoms with Crippen molar-refractivity contribution in [2.75, 3.05) is 10.5 Å². The van der Waals surface area contributed by atoms with Crippen LogP contribution in [0.2, 0.25) is 10.0 Å². The summed E-state index contributed by atoms with van der Waals surface area (Å²) >= 11 is 11.7. The molecule has 0 radical (unpaired) electrons. The fraction of sp³-hybridized carbons (Fsp3) is 0. The molecule has 0 aliphatic rings. The Morgan fingerprint density at radius 1 is 1.00 bits per heavy atom. The minimum Gasteiger partial charge on any atom is -0.397 e. The zero-order chi connectivity index (χ0) is 14.0. The molecule has 0 fully saturated rings. The number of nitrogens with one attached hydrogen (secondary N) is 1. The van der Waals surface area contributed by atoms with Gasteiger partial charge in [-0.25, -0.2) is 8.42 Å². The van der Waals surface area contributed by atoms with Crippen LogP contribution in [0.3, 0.4) is 0 Å². The molecule has 0 saturated carbocycles. The zero-order valence-electron chi connectivity index (χ0n) is 9.60. The molecule has 0 bridgehead atoms. The summed E-state index contributed by atoms with van der Waals surface area (Å²) in [5.74, 6) is 0. The molecule has 2 rings (SSSR count). The van der Waals surface area contributed by atoms with Gasteiger partial charge in [-0.3, -0.25) is 4.72 Å². The molecule has 0 saturated heterocycles. The maximum absolute atomic E-state index is 12.2. The number of hydrogen-bond donors (Lipinski definition) is 2. The van der Waals surface area contributed by atoms with Gasteiger partial charge in [0.05, 0.1) is 15.7 Å².